The first-order chi connectivity index (χ1) is 13.2. The third-order valence-corrected chi connectivity index (χ3v) is 7.00. The van der Waals surface area contributed by atoms with E-state index in [4.69, 9.17) is 0 Å². The maximum atomic E-state index is 10.6. The fourth-order valence-corrected chi connectivity index (χ4v) is 3.96. The van der Waals surface area contributed by atoms with E-state index in [0.717, 1.165) is 37.7 Å². The Hall–Kier alpha value is -1.38. The van der Waals surface area contributed by atoms with Gasteiger partial charge in [-0.15, -0.1) is 0 Å². The van der Waals surface area contributed by atoms with E-state index in [1.165, 1.54) is 44.9 Å². The van der Waals surface area contributed by atoms with E-state index in [1.54, 1.807) is 6.07 Å². The summed E-state index contributed by atoms with van der Waals surface area (Å²) in [5.74, 6) is -0.0395. The van der Waals surface area contributed by atoms with E-state index in [1.807, 2.05) is 0 Å². The lowest BCUT2D eigenvalue weighted by molar-refractivity contribution is 0.307. The van der Waals surface area contributed by atoms with Crippen LogP contribution in [0.1, 0.15) is 109 Å². The molecule has 1 aliphatic rings. The van der Waals surface area contributed by atoms with Gasteiger partial charge in [0.15, 0.2) is 11.5 Å². The molecule has 0 spiro atoms. The van der Waals surface area contributed by atoms with Gasteiger partial charge in [-0.25, -0.2) is 0 Å². The molecule has 28 heavy (non-hydrogen) atoms. The first kappa shape index (κ1) is 22.9. The van der Waals surface area contributed by atoms with Crippen molar-refractivity contribution >= 4 is 0 Å². The molecule has 0 amide bonds. The number of aromatic hydroxyl groups is 3. The van der Waals surface area contributed by atoms with Crippen LogP contribution in [0.25, 0.3) is 0 Å². The molecule has 1 aromatic rings. The van der Waals surface area contributed by atoms with Crippen molar-refractivity contribution in [2.75, 3.05) is 0 Å². The standard InChI is InChI=1S/C25H42O3/c1-5-24(2,3)14-10-7-6-8-12-19-18-21(26)23(28)20(22(19)27)13-9-11-15-25(4)16-17-25/h18,26-28H,5-17H2,1-4H3. The lowest BCUT2D eigenvalue weighted by atomic mass is 9.84. The van der Waals surface area contributed by atoms with Crippen molar-refractivity contribution in [3.05, 3.63) is 17.2 Å². The number of phenols is 3. The summed E-state index contributed by atoms with van der Waals surface area (Å²) in [5, 5.41) is 30.9. The van der Waals surface area contributed by atoms with Gasteiger partial charge < -0.3 is 15.3 Å². The molecule has 3 heteroatoms. The summed E-state index contributed by atoms with van der Waals surface area (Å²) in [6.45, 7) is 9.25. The zero-order valence-electron chi connectivity index (χ0n) is 18.6. The molecule has 160 valence electrons. The molecule has 1 aromatic carbocycles. The summed E-state index contributed by atoms with van der Waals surface area (Å²) >= 11 is 0. The second-order valence-corrected chi connectivity index (χ2v) is 10.2. The van der Waals surface area contributed by atoms with Crippen molar-refractivity contribution in [1.82, 2.24) is 0 Å². The van der Waals surface area contributed by atoms with Gasteiger partial charge >= 0.3 is 0 Å². The van der Waals surface area contributed by atoms with Gasteiger partial charge in [0.2, 0.25) is 0 Å². The number of hydrogen-bond donors (Lipinski definition) is 3. The van der Waals surface area contributed by atoms with E-state index >= 15 is 0 Å². The van der Waals surface area contributed by atoms with Crippen molar-refractivity contribution in [3.63, 3.8) is 0 Å². The number of hydrogen-bond acceptors (Lipinski definition) is 3. The van der Waals surface area contributed by atoms with Gasteiger partial charge in [-0.2, -0.15) is 0 Å². The normalized spacial score (nSPS) is 15.7. The zero-order valence-corrected chi connectivity index (χ0v) is 18.6. The van der Waals surface area contributed by atoms with Gasteiger partial charge in [0, 0.05) is 5.56 Å². The lowest BCUT2D eigenvalue weighted by Gasteiger charge is -2.22. The van der Waals surface area contributed by atoms with Gasteiger partial charge in [-0.1, -0.05) is 59.8 Å². The van der Waals surface area contributed by atoms with Gasteiger partial charge in [-0.05, 0) is 73.8 Å². The molecule has 0 atom stereocenters. The van der Waals surface area contributed by atoms with Gasteiger partial charge in [0.05, 0.1) is 0 Å². The Labute approximate surface area is 172 Å². The predicted molar refractivity (Wildman–Crippen MR) is 117 cm³/mol. The molecule has 0 saturated heterocycles. The van der Waals surface area contributed by atoms with Gasteiger partial charge in [-0.3, -0.25) is 0 Å². The van der Waals surface area contributed by atoms with Crippen LogP contribution in [0.2, 0.25) is 0 Å². The summed E-state index contributed by atoms with van der Waals surface area (Å²) < 4.78 is 0. The van der Waals surface area contributed by atoms with Crippen LogP contribution in [0.3, 0.4) is 0 Å². The molecule has 0 aromatic heterocycles. The predicted octanol–water partition coefficient (Wildman–Crippen LogP) is 7.25. The zero-order chi connectivity index (χ0) is 20.8. The van der Waals surface area contributed by atoms with Crippen molar-refractivity contribution in [2.45, 2.75) is 111 Å². The highest BCUT2D eigenvalue weighted by Crippen LogP contribution is 2.49. The number of unbranched alkanes of at least 4 members (excludes halogenated alkanes) is 4. The first-order valence-electron chi connectivity index (χ1n) is 11.4. The molecule has 0 aliphatic heterocycles. The highest BCUT2D eigenvalue weighted by molar-refractivity contribution is 5.56. The molecule has 0 bridgehead atoms. The highest BCUT2D eigenvalue weighted by Gasteiger charge is 2.36. The van der Waals surface area contributed by atoms with Crippen molar-refractivity contribution < 1.29 is 15.3 Å². The molecule has 0 unspecified atom stereocenters. The van der Waals surface area contributed by atoms with Gasteiger partial charge in [0.25, 0.3) is 0 Å². The van der Waals surface area contributed by atoms with Crippen LogP contribution in [0.5, 0.6) is 17.2 Å². The third-order valence-electron chi connectivity index (χ3n) is 7.00. The minimum atomic E-state index is -0.138. The molecule has 1 fully saturated rings. The number of rotatable bonds is 13. The molecule has 3 N–H and O–H groups in total. The van der Waals surface area contributed by atoms with Crippen LogP contribution in [-0.4, -0.2) is 15.3 Å². The van der Waals surface area contributed by atoms with E-state index in [-0.39, 0.29) is 17.2 Å². The van der Waals surface area contributed by atoms with Crippen LogP contribution < -0.4 is 0 Å². The van der Waals surface area contributed by atoms with Crippen molar-refractivity contribution in [1.29, 1.82) is 0 Å². The quantitative estimate of drug-likeness (QED) is 0.189. The van der Waals surface area contributed by atoms with Crippen molar-refractivity contribution in [3.8, 4) is 17.2 Å². The van der Waals surface area contributed by atoms with Gasteiger partial charge in [0.1, 0.15) is 5.75 Å². The second kappa shape index (κ2) is 9.89. The molecule has 1 aliphatic carbocycles. The van der Waals surface area contributed by atoms with Crippen LogP contribution in [0.15, 0.2) is 6.07 Å². The maximum Gasteiger partial charge on any atom is 0.164 e. The molecule has 2 rings (SSSR count). The Morgan fingerprint density at radius 1 is 0.893 bits per heavy atom. The van der Waals surface area contributed by atoms with E-state index in [0.29, 0.717) is 22.8 Å². The SMILES string of the molecule is CCC(C)(C)CCCCCCc1cc(O)c(O)c(CCCCC2(C)CC2)c1O. The molecule has 3 nitrogen and oxygen atoms in total. The Bertz CT molecular complexity index is 629. The average Bonchev–Trinajstić information content (AvgIpc) is 3.38. The largest absolute Gasteiger partial charge is 0.507 e. The summed E-state index contributed by atoms with van der Waals surface area (Å²) in [4.78, 5) is 0. The number of aryl methyl sites for hydroxylation is 1. The van der Waals surface area contributed by atoms with Crippen LogP contribution >= 0.6 is 0 Å². The Kier molecular flexibility index (Phi) is 8.09. The average molecular weight is 391 g/mol. The Balaban J connectivity index is 1.80. The number of benzene rings is 1. The fourth-order valence-electron chi connectivity index (χ4n) is 3.96. The minimum Gasteiger partial charge on any atom is -0.507 e. The topological polar surface area (TPSA) is 60.7 Å². The van der Waals surface area contributed by atoms with E-state index < -0.39 is 0 Å². The first-order valence-corrected chi connectivity index (χ1v) is 11.4. The fraction of sp³-hybridized carbons (Fsp3) is 0.760. The lowest BCUT2D eigenvalue weighted by Crippen LogP contribution is -2.08. The third kappa shape index (κ3) is 6.90. The van der Waals surface area contributed by atoms with Crippen molar-refractivity contribution in [2.24, 2.45) is 10.8 Å². The van der Waals surface area contributed by atoms with Crippen LogP contribution in [0, 0.1) is 10.8 Å². The molecule has 0 heterocycles. The Morgan fingerprint density at radius 2 is 1.54 bits per heavy atom. The maximum absolute atomic E-state index is 10.6. The molecular weight excluding hydrogens is 348 g/mol. The number of phenolic OH excluding ortho intramolecular Hbond substituents is 3. The minimum absolute atomic E-state index is 0.0957. The Morgan fingerprint density at radius 3 is 2.18 bits per heavy atom. The monoisotopic (exact) mass is 390 g/mol. The molecule has 0 radical (unpaired) electrons. The second-order valence-electron chi connectivity index (χ2n) is 10.2. The smallest absolute Gasteiger partial charge is 0.164 e. The highest BCUT2D eigenvalue weighted by atomic mass is 16.3. The summed E-state index contributed by atoms with van der Waals surface area (Å²) in [5.41, 5.74) is 2.28. The summed E-state index contributed by atoms with van der Waals surface area (Å²) in [7, 11) is 0. The van der Waals surface area contributed by atoms with E-state index in [9.17, 15) is 15.3 Å². The van der Waals surface area contributed by atoms with Crippen LogP contribution in [0.4, 0.5) is 0 Å². The summed E-state index contributed by atoms with van der Waals surface area (Å²) in [6.07, 6.45) is 14.4. The molecule has 1 saturated carbocycles. The van der Waals surface area contributed by atoms with E-state index in [2.05, 4.69) is 27.7 Å². The summed E-state index contributed by atoms with van der Waals surface area (Å²) in [6, 6.07) is 1.54. The van der Waals surface area contributed by atoms with Crippen LogP contribution in [-0.2, 0) is 12.8 Å². The molecular formula is C25H42O3.